The summed E-state index contributed by atoms with van der Waals surface area (Å²) >= 11 is 6.06. The van der Waals surface area contributed by atoms with Crippen molar-refractivity contribution in [3.8, 4) is 5.69 Å². The van der Waals surface area contributed by atoms with Crippen LogP contribution in [0.25, 0.3) is 16.7 Å². The second-order valence-corrected chi connectivity index (χ2v) is 4.72. The number of rotatable bonds is 1. The zero-order valence-electron chi connectivity index (χ0n) is 10.2. The average molecular weight is 258 g/mol. The zero-order chi connectivity index (χ0) is 12.7. The third-order valence-corrected chi connectivity index (χ3v) is 3.49. The molecule has 2 heterocycles. The Morgan fingerprint density at radius 2 is 2.06 bits per heavy atom. The molecule has 3 rings (SSSR count). The third-order valence-electron chi connectivity index (χ3n) is 3.25. The number of aryl methyl sites for hydroxylation is 1. The van der Waals surface area contributed by atoms with E-state index >= 15 is 0 Å². The van der Waals surface area contributed by atoms with Crippen molar-refractivity contribution in [2.45, 2.75) is 13.8 Å². The van der Waals surface area contributed by atoms with Gasteiger partial charge in [-0.1, -0.05) is 17.7 Å². The first-order chi connectivity index (χ1) is 8.68. The highest BCUT2D eigenvalue weighted by Gasteiger charge is 2.13. The quantitative estimate of drug-likeness (QED) is 0.666. The van der Waals surface area contributed by atoms with E-state index in [2.05, 4.69) is 28.4 Å². The molecule has 1 aromatic carbocycles. The number of fused-ring (bicyclic) bond motifs is 1. The van der Waals surface area contributed by atoms with Crippen LogP contribution in [0.3, 0.4) is 0 Å². The van der Waals surface area contributed by atoms with Crippen molar-refractivity contribution in [2.24, 2.45) is 0 Å². The van der Waals surface area contributed by atoms with Crippen molar-refractivity contribution in [2.75, 3.05) is 0 Å². The summed E-state index contributed by atoms with van der Waals surface area (Å²) < 4.78 is 2.11. The Morgan fingerprint density at radius 3 is 2.83 bits per heavy atom. The van der Waals surface area contributed by atoms with Crippen molar-refractivity contribution >= 4 is 22.6 Å². The molecule has 0 saturated carbocycles. The predicted molar refractivity (Wildman–Crippen MR) is 73.3 cm³/mol. The molecule has 3 aromatic rings. The number of hydrogen-bond acceptors (Lipinski definition) is 2. The maximum Gasteiger partial charge on any atom is 0.148 e. The first-order valence-electron chi connectivity index (χ1n) is 5.72. The van der Waals surface area contributed by atoms with Gasteiger partial charge in [-0.15, -0.1) is 0 Å². The maximum atomic E-state index is 6.06. The molecule has 0 aliphatic carbocycles. The Bertz CT molecular complexity index is 731. The molecule has 18 heavy (non-hydrogen) atoms. The summed E-state index contributed by atoms with van der Waals surface area (Å²) in [5, 5.41) is 1.80. The van der Waals surface area contributed by atoms with Gasteiger partial charge in [0, 0.05) is 28.0 Å². The van der Waals surface area contributed by atoms with E-state index in [0.717, 1.165) is 27.4 Å². The molecule has 4 heteroatoms. The van der Waals surface area contributed by atoms with E-state index in [9.17, 15) is 0 Å². The summed E-state index contributed by atoms with van der Waals surface area (Å²) in [7, 11) is 0. The highest BCUT2D eigenvalue weighted by atomic mass is 35.5. The lowest BCUT2D eigenvalue weighted by Gasteiger charge is -2.07. The van der Waals surface area contributed by atoms with E-state index in [-0.39, 0.29) is 0 Å². The van der Waals surface area contributed by atoms with Gasteiger partial charge >= 0.3 is 0 Å². The highest BCUT2D eigenvalue weighted by molar-refractivity contribution is 6.30. The van der Waals surface area contributed by atoms with Gasteiger partial charge in [0.15, 0.2) is 0 Å². The minimum Gasteiger partial charge on any atom is -0.298 e. The summed E-state index contributed by atoms with van der Waals surface area (Å²) in [5.74, 6) is 0. The molecule has 0 spiro atoms. The normalized spacial score (nSPS) is 11.1. The van der Waals surface area contributed by atoms with Crippen LogP contribution in [0.1, 0.15) is 11.3 Å². The van der Waals surface area contributed by atoms with Crippen LogP contribution in [0, 0.1) is 13.8 Å². The summed E-state index contributed by atoms with van der Waals surface area (Å²) in [6.45, 7) is 4.17. The number of aromatic nitrogens is 3. The van der Waals surface area contributed by atoms with E-state index in [1.54, 1.807) is 6.33 Å². The molecule has 0 aliphatic rings. The van der Waals surface area contributed by atoms with Crippen molar-refractivity contribution < 1.29 is 0 Å². The second-order valence-electron chi connectivity index (χ2n) is 4.29. The molecular formula is C14H12ClN3. The predicted octanol–water partition coefficient (Wildman–Crippen LogP) is 3.69. The number of benzene rings is 1. The number of nitrogens with zero attached hydrogens (tertiary/aromatic N) is 3. The van der Waals surface area contributed by atoms with Crippen LogP contribution in [-0.4, -0.2) is 14.5 Å². The number of hydrogen-bond donors (Lipinski definition) is 0. The SMILES string of the molecule is Cc1c(C)n(-c2cccc(Cl)c2)c2ncncc12. The largest absolute Gasteiger partial charge is 0.298 e. The molecule has 0 amide bonds. The molecule has 0 atom stereocenters. The third kappa shape index (κ3) is 1.59. The van der Waals surface area contributed by atoms with Crippen LogP contribution in [-0.2, 0) is 0 Å². The van der Waals surface area contributed by atoms with E-state index in [1.807, 2.05) is 30.5 Å². The summed E-state index contributed by atoms with van der Waals surface area (Å²) in [6, 6.07) is 7.78. The molecule has 0 N–H and O–H groups in total. The van der Waals surface area contributed by atoms with Gasteiger partial charge in [-0.25, -0.2) is 9.97 Å². The Morgan fingerprint density at radius 1 is 1.22 bits per heavy atom. The minimum absolute atomic E-state index is 0.723. The lowest BCUT2D eigenvalue weighted by atomic mass is 10.2. The van der Waals surface area contributed by atoms with Crippen LogP contribution >= 0.6 is 11.6 Å². The lowest BCUT2D eigenvalue weighted by molar-refractivity contribution is 1.01. The Hall–Kier alpha value is -1.87. The Balaban J connectivity index is 2.39. The van der Waals surface area contributed by atoms with Gasteiger partial charge in [0.05, 0.1) is 0 Å². The summed E-state index contributed by atoms with van der Waals surface area (Å²) in [4.78, 5) is 8.47. The molecule has 3 nitrogen and oxygen atoms in total. The van der Waals surface area contributed by atoms with Crippen molar-refractivity contribution in [3.63, 3.8) is 0 Å². The van der Waals surface area contributed by atoms with E-state index < -0.39 is 0 Å². The van der Waals surface area contributed by atoms with Gasteiger partial charge in [-0.2, -0.15) is 0 Å². The Labute approximate surface area is 110 Å². The molecule has 0 radical (unpaired) electrons. The van der Waals surface area contributed by atoms with Gasteiger partial charge in [0.2, 0.25) is 0 Å². The molecule has 0 unspecified atom stereocenters. The maximum absolute atomic E-state index is 6.06. The molecule has 0 fully saturated rings. The van der Waals surface area contributed by atoms with Crippen LogP contribution in [0.4, 0.5) is 0 Å². The van der Waals surface area contributed by atoms with Gasteiger partial charge in [0.1, 0.15) is 12.0 Å². The van der Waals surface area contributed by atoms with Crippen molar-refractivity contribution in [1.29, 1.82) is 0 Å². The second kappa shape index (κ2) is 4.10. The lowest BCUT2D eigenvalue weighted by Crippen LogP contribution is -1.97. The average Bonchev–Trinajstić information content (AvgIpc) is 2.63. The first-order valence-corrected chi connectivity index (χ1v) is 6.10. The monoisotopic (exact) mass is 257 g/mol. The van der Waals surface area contributed by atoms with E-state index in [1.165, 1.54) is 5.56 Å². The fraction of sp³-hybridized carbons (Fsp3) is 0.143. The molecule has 2 aromatic heterocycles. The van der Waals surface area contributed by atoms with Crippen LogP contribution in [0.2, 0.25) is 5.02 Å². The standard InChI is InChI=1S/C14H12ClN3/c1-9-10(2)18(12-5-3-4-11(15)6-12)14-13(9)7-16-8-17-14/h3-8H,1-2H3. The molecule has 0 aliphatic heterocycles. The van der Waals surface area contributed by atoms with Crippen LogP contribution < -0.4 is 0 Å². The fourth-order valence-corrected chi connectivity index (χ4v) is 2.40. The van der Waals surface area contributed by atoms with Gasteiger partial charge in [-0.3, -0.25) is 4.57 Å². The van der Waals surface area contributed by atoms with Gasteiger partial charge in [0.25, 0.3) is 0 Å². The first kappa shape index (κ1) is 11.2. The van der Waals surface area contributed by atoms with E-state index in [0.29, 0.717) is 0 Å². The summed E-state index contributed by atoms with van der Waals surface area (Å²) in [5.41, 5.74) is 4.30. The van der Waals surface area contributed by atoms with E-state index in [4.69, 9.17) is 11.6 Å². The fourth-order valence-electron chi connectivity index (χ4n) is 2.22. The highest BCUT2D eigenvalue weighted by Crippen LogP contribution is 2.27. The van der Waals surface area contributed by atoms with Gasteiger partial charge in [-0.05, 0) is 37.6 Å². The Kier molecular flexibility index (Phi) is 2.56. The minimum atomic E-state index is 0.723. The van der Waals surface area contributed by atoms with Crippen LogP contribution in [0.5, 0.6) is 0 Å². The van der Waals surface area contributed by atoms with Crippen molar-refractivity contribution in [3.05, 3.63) is 53.1 Å². The summed E-state index contributed by atoms with van der Waals surface area (Å²) in [6.07, 6.45) is 3.42. The number of halogens is 1. The van der Waals surface area contributed by atoms with Crippen molar-refractivity contribution in [1.82, 2.24) is 14.5 Å². The smallest absolute Gasteiger partial charge is 0.148 e. The molecular weight excluding hydrogens is 246 g/mol. The van der Waals surface area contributed by atoms with Gasteiger partial charge < -0.3 is 0 Å². The van der Waals surface area contributed by atoms with Crippen LogP contribution in [0.15, 0.2) is 36.8 Å². The zero-order valence-corrected chi connectivity index (χ0v) is 10.9. The topological polar surface area (TPSA) is 30.7 Å². The molecule has 90 valence electrons. The molecule has 0 bridgehead atoms. The molecule has 0 saturated heterocycles.